The number of halogens is 2. The molecule has 0 atom stereocenters. The molecule has 4 nitrogen and oxygen atoms in total. The Morgan fingerprint density at radius 1 is 1.00 bits per heavy atom. The zero-order valence-electron chi connectivity index (χ0n) is 14.6. The summed E-state index contributed by atoms with van der Waals surface area (Å²) < 4.78 is 19.3. The molecule has 0 bridgehead atoms. The van der Waals surface area contributed by atoms with E-state index < -0.39 is 0 Å². The first-order chi connectivity index (χ1) is 11.7. The Hall–Kier alpha value is -1.83. The number of ether oxygens (including phenoxy) is 1. The van der Waals surface area contributed by atoms with E-state index in [9.17, 15) is 4.39 Å². The Morgan fingerprint density at radius 3 is 2.36 bits per heavy atom. The third-order valence-electron chi connectivity index (χ3n) is 3.43. The molecule has 0 radical (unpaired) electrons. The SMILES string of the molecule is CCNC(=NCc1ccccc1OCC)NCc1ccccc1F.I. The summed E-state index contributed by atoms with van der Waals surface area (Å²) in [5, 5.41) is 6.33. The van der Waals surface area contributed by atoms with E-state index in [1.165, 1.54) is 6.07 Å². The van der Waals surface area contributed by atoms with Gasteiger partial charge in [-0.3, -0.25) is 0 Å². The Labute approximate surface area is 165 Å². The summed E-state index contributed by atoms with van der Waals surface area (Å²) in [6, 6.07) is 14.6. The highest BCUT2D eigenvalue weighted by molar-refractivity contribution is 14.0. The molecule has 0 aliphatic heterocycles. The lowest BCUT2D eigenvalue weighted by Crippen LogP contribution is -2.37. The topological polar surface area (TPSA) is 45.7 Å². The van der Waals surface area contributed by atoms with Crippen LogP contribution in [0.1, 0.15) is 25.0 Å². The average Bonchev–Trinajstić information content (AvgIpc) is 2.60. The monoisotopic (exact) mass is 457 g/mol. The van der Waals surface area contributed by atoms with Crippen LogP contribution in [0.25, 0.3) is 0 Å². The zero-order valence-corrected chi connectivity index (χ0v) is 16.9. The molecule has 0 saturated heterocycles. The van der Waals surface area contributed by atoms with Gasteiger partial charge in [-0.15, -0.1) is 24.0 Å². The Balaban J connectivity index is 0.00000312. The first kappa shape index (κ1) is 21.2. The quantitative estimate of drug-likeness (QED) is 0.374. The molecule has 0 unspecified atom stereocenters. The second-order valence-corrected chi connectivity index (χ2v) is 5.18. The van der Waals surface area contributed by atoms with Crippen LogP contribution in [0.4, 0.5) is 4.39 Å². The molecule has 136 valence electrons. The van der Waals surface area contributed by atoms with Crippen molar-refractivity contribution < 1.29 is 9.13 Å². The first-order valence-corrected chi connectivity index (χ1v) is 8.20. The average molecular weight is 457 g/mol. The summed E-state index contributed by atoms with van der Waals surface area (Å²) in [7, 11) is 0. The van der Waals surface area contributed by atoms with Crippen molar-refractivity contribution >= 4 is 29.9 Å². The molecule has 2 aromatic rings. The zero-order chi connectivity index (χ0) is 17.2. The summed E-state index contributed by atoms with van der Waals surface area (Å²) in [4.78, 5) is 4.56. The number of para-hydroxylation sites is 1. The van der Waals surface area contributed by atoms with E-state index in [4.69, 9.17) is 4.74 Å². The van der Waals surface area contributed by atoms with E-state index in [1.54, 1.807) is 12.1 Å². The minimum Gasteiger partial charge on any atom is -0.494 e. The van der Waals surface area contributed by atoms with Gasteiger partial charge in [0.25, 0.3) is 0 Å². The molecule has 0 heterocycles. The van der Waals surface area contributed by atoms with Gasteiger partial charge in [-0.2, -0.15) is 0 Å². The van der Waals surface area contributed by atoms with E-state index in [0.717, 1.165) is 17.9 Å². The molecular formula is C19H25FIN3O. The van der Waals surface area contributed by atoms with Crippen LogP contribution >= 0.6 is 24.0 Å². The number of rotatable bonds is 7. The van der Waals surface area contributed by atoms with Crippen LogP contribution in [0, 0.1) is 5.82 Å². The van der Waals surface area contributed by atoms with Gasteiger partial charge in [-0.1, -0.05) is 36.4 Å². The predicted molar refractivity (Wildman–Crippen MR) is 111 cm³/mol. The molecule has 0 saturated carbocycles. The molecule has 0 fully saturated rings. The maximum Gasteiger partial charge on any atom is 0.191 e. The van der Waals surface area contributed by atoms with Crippen LogP contribution in [-0.2, 0) is 13.1 Å². The lowest BCUT2D eigenvalue weighted by atomic mass is 10.2. The summed E-state index contributed by atoms with van der Waals surface area (Å²) in [6.07, 6.45) is 0. The minimum absolute atomic E-state index is 0. The molecule has 0 amide bonds. The number of nitrogens with one attached hydrogen (secondary N) is 2. The number of aliphatic imine (C=N–C) groups is 1. The van der Waals surface area contributed by atoms with Gasteiger partial charge < -0.3 is 15.4 Å². The van der Waals surface area contributed by atoms with Crippen LogP contribution < -0.4 is 15.4 Å². The van der Waals surface area contributed by atoms with Crippen molar-refractivity contribution in [3.63, 3.8) is 0 Å². The standard InChI is InChI=1S/C19H24FN3O.HI/c1-3-21-19(22-13-15-9-5-7-11-17(15)20)23-14-16-10-6-8-12-18(16)24-4-2;/h5-12H,3-4,13-14H2,1-2H3,(H2,21,22,23);1H. The Bertz CT molecular complexity index is 679. The van der Waals surface area contributed by atoms with E-state index >= 15 is 0 Å². The smallest absolute Gasteiger partial charge is 0.191 e. The fourth-order valence-corrected chi connectivity index (χ4v) is 2.26. The molecule has 6 heteroatoms. The Morgan fingerprint density at radius 2 is 1.68 bits per heavy atom. The van der Waals surface area contributed by atoms with Crippen molar-refractivity contribution in [3.8, 4) is 5.75 Å². The van der Waals surface area contributed by atoms with E-state index in [2.05, 4.69) is 15.6 Å². The first-order valence-electron chi connectivity index (χ1n) is 8.20. The van der Waals surface area contributed by atoms with E-state index in [-0.39, 0.29) is 29.8 Å². The van der Waals surface area contributed by atoms with Crippen molar-refractivity contribution in [1.82, 2.24) is 10.6 Å². The van der Waals surface area contributed by atoms with Gasteiger partial charge in [0.2, 0.25) is 0 Å². The summed E-state index contributed by atoms with van der Waals surface area (Å²) in [5.74, 6) is 1.27. The molecule has 0 spiro atoms. The number of benzene rings is 2. The molecule has 2 N–H and O–H groups in total. The van der Waals surface area contributed by atoms with E-state index in [0.29, 0.717) is 31.2 Å². The second kappa shape index (κ2) is 11.7. The summed E-state index contributed by atoms with van der Waals surface area (Å²) in [5.41, 5.74) is 1.63. The van der Waals surface area contributed by atoms with Gasteiger partial charge in [0.1, 0.15) is 11.6 Å². The third kappa shape index (κ3) is 6.89. The minimum atomic E-state index is -0.220. The van der Waals surface area contributed by atoms with Gasteiger partial charge in [0.05, 0.1) is 13.2 Å². The van der Waals surface area contributed by atoms with Gasteiger partial charge in [0.15, 0.2) is 5.96 Å². The third-order valence-corrected chi connectivity index (χ3v) is 3.43. The largest absolute Gasteiger partial charge is 0.494 e. The van der Waals surface area contributed by atoms with Crippen molar-refractivity contribution in [2.45, 2.75) is 26.9 Å². The summed E-state index contributed by atoms with van der Waals surface area (Å²) in [6.45, 7) is 6.17. The fourth-order valence-electron chi connectivity index (χ4n) is 2.26. The fraction of sp³-hybridized carbons (Fsp3) is 0.316. The lowest BCUT2D eigenvalue weighted by molar-refractivity contribution is 0.336. The highest BCUT2D eigenvalue weighted by atomic mass is 127. The number of hydrogen-bond donors (Lipinski definition) is 2. The number of guanidine groups is 1. The van der Waals surface area contributed by atoms with Crippen molar-refractivity contribution in [3.05, 3.63) is 65.5 Å². The highest BCUT2D eigenvalue weighted by Gasteiger charge is 2.05. The maximum atomic E-state index is 13.7. The molecule has 0 aliphatic carbocycles. The predicted octanol–water partition coefficient (Wildman–Crippen LogP) is 4.10. The molecule has 25 heavy (non-hydrogen) atoms. The number of hydrogen-bond acceptors (Lipinski definition) is 2. The van der Waals surface area contributed by atoms with Crippen LogP contribution in [-0.4, -0.2) is 19.1 Å². The van der Waals surface area contributed by atoms with Gasteiger partial charge in [0, 0.05) is 24.2 Å². The van der Waals surface area contributed by atoms with Crippen molar-refractivity contribution in [1.29, 1.82) is 0 Å². The second-order valence-electron chi connectivity index (χ2n) is 5.18. The molecule has 2 aromatic carbocycles. The van der Waals surface area contributed by atoms with Crippen LogP contribution in [0.2, 0.25) is 0 Å². The van der Waals surface area contributed by atoms with Gasteiger partial charge in [-0.25, -0.2) is 9.38 Å². The highest BCUT2D eigenvalue weighted by Crippen LogP contribution is 2.18. The maximum absolute atomic E-state index is 13.7. The molecular weight excluding hydrogens is 432 g/mol. The summed E-state index contributed by atoms with van der Waals surface area (Å²) >= 11 is 0. The van der Waals surface area contributed by atoms with Crippen LogP contribution in [0.15, 0.2) is 53.5 Å². The van der Waals surface area contributed by atoms with Crippen LogP contribution in [0.5, 0.6) is 5.75 Å². The van der Waals surface area contributed by atoms with Gasteiger partial charge >= 0.3 is 0 Å². The number of nitrogens with zero attached hydrogens (tertiary/aromatic N) is 1. The van der Waals surface area contributed by atoms with Crippen molar-refractivity contribution in [2.75, 3.05) is 13.2 Å². The Kier molecular flexibility index (Phi) is 9.91. The van der Waals surface area contributed by atoms with Gasteiger partial charge in [-0.05, 0) is 26.0 Å². The van der Waals surface area contributed by atoms with E-state index in [1.807, 2.05) is 44.2 Å². The molecule has 0 aliphatic rings. The van der Waals surface area contributed by atoms with Crippen molar-refractivity contribution in [2.24, 2.45) is 4.99 Å². The molecule has 0 aromatic heterocycles. The van der Waals surface area contributed by atoms with Crippen LogP contribution in [0.3, 0.4) is 0 Å². The molecule has 2 rings (SSSR count). The lowest BCUT2D eigenvalue weighted by Gasteiger charge is -2.13. The normalized spacial score (nSPS) is 10.8.